The molecule has 0 heterocycles. The van der Waals surface area contributed by atoms with Crippen molar-refractivity contribution < 1.29 is 9.47 Å². The predicted molar refractivity (Wildman–Crippen MR) is 73.8 cm³/mol. The second-order valence-corrected chi connectivity index (χ2v) is 4.22. The van der Waals surface area contributed by atoms with Crippen LogP contribution in [0.3, 0.4) is 0 Å². The number of aryl methyl sites for hydroxylation is 1. The van der Waals surface area contributed by atoms with Gasteiger partial charge in [-0.3, -0.25) is 0 Å². The maximum atomic E-state index is 8.93. The second kappa shape index (κ2) is 6.03. The van der Waals surface area contributed by atoms with Gasteiger partial charge in [-0.15, -0.1) is 0 Å². The van der Waals surface area contributed by atoms with Crippen molar-refractivity contribution in [2.45, 2.75) is 6.92 Å². The lowest BCUT2D eigenvalue weighted by atomic mass is 10.0. The first-order valence-corrected chi connectivity index (χ1v) is 5.97. The molecule has 0 unspecified atom stereocenters. The average Bonchev–Trinajstić information content (AvgIpc) is 2.46. The Morgan fingerprint density at radius 2 is 1.89 bits per heavy atom. The van der Waals surface area contributed by atoms with E-state index < -0.39 is 0 Å². The van der Waals surface area contributed by atoms with E-state index in [1.807, 2.05) is 43.3 Å². The van der Waals surface area contributed by atoms with Crippen LogP contribution in [0.25, 0.3) is 11.1 Å². The molecule has 3 nitrogen and oxygen atoms in total. The third kappa shape index (κ3) is 3.12. The van der Waals surface area contributed by atoms with Gasteiger partial charge in [0, 0.05) is 7.11 Å². The fourth-order valence-corrected chi connectivity index (χ4v) is 1.83. The lowest BCUT2D eigenvalue weighted by Gasteiger charge is -2.10. The van der Waals surface area contributed by atoms with Crippen LogP contribution in [0.4, 0.5) is 0 Å². The molecule has 0 spiro atoms. The zero-order valence-corrected chi connectivity index (χ0v) is 11.0. The van der Waals surface area contributed by atoms with Gasteiger partial charge in [-0.2, -0.15) is 5.26 Å². The van der Waals surface area contributed by atoms with Crippen LogP contribution in [0.2, 0.25) is 0 Å². The van der Waals surface area contributed by atoms with Gasteiger partial charge in [0.15, 0.2) is 6.79 Å². The summed E-state index contributed by atoms with van der Waals surface area (Å²) in [6, 6.07) is 15.6. The zero-order valence-electron chi connectivity index (χ0n) is 11.0. The molecule has 0 radical (unpaired) electrons. The van der Waals surface area contributed by atoms with Crippen molar-refractivity contribution in [1.82, 2.24) is 0 Å². The van der Waals surface area contributed by atoms with Crippen molar-refractivity contribution in [2.24, 2.45) is 0 Å². The molecule has 2 rings (SSSR count). The van der Waals surface area contributed by atoms with E-state index in [-0.39, 0.29) is 6.79 Å². The van der Waals surface area contributed by atoms with Gasteiger partial charge in [0.05, 0.1) is 11.6 Å². The molecule has 0 amide bonds. The van der Waals surface area contributed by atoms with E-state index >= 15 is 0 Å². The van der Waals surface area contributed by atoms with E-state index in [2.05, 4.69) is 6.07 Å². The van der Waals surface area contributed by atoms with Crippen LogP contribution >= 0.6 is 0 Å². The Labute approximate surface area is 113 Å². The first kappa shape index (κ1) is 13.1. The van der Waals surface area contributed by atoms with Gasteiger partial charge in [-0.05, 0) is 41.8 Å². The zero-order chi connectivity index (χ0) is 13.7. The number of rotatable bonds is 4. The number of nitrogens with zero attached hydrogens (tertiary/aromatic N) is 1. The number of methoxy groups -OCH3 is 1. The summed E-state index contributed by atoms with van der Waals surface area (Å²) in [5, 5.41) is 8.93. The molecule has 19 heavy (non-hydrogen) atoms. The summed E-state index contributed by atoms with van der Waals surface area (Å²) in [4.78, 5) is 0. The van der Waals surface area contributed by atoms with Crippen molar-refractivity contribution in [1.29, 1.82) is 5.26 Å². The van der Waals surface area contributed by atoms with Gasteiger partial charge in [0.1, 0.15) is 5.75 Å². The van der Waals surface area contributed by atoms with E-state index in [1.165, 1.54) is 0 Å². The number of hydrogen-bond acceptors (Lipinski definition) is 3. The number of benzene rings is 2. The van der Waals surface area contributed by atoms with E-state index in [1.54, 1.807) is 13.2 Å². The molecule has 0 bridgehead atoms. The second-order valence-electron chi connectivity index (χ2n) is 4.22. The number of hydrogen-bond donors (Lipinski definition) is 0. The third-order valence-corrected chi connectivity index (χ3v) is 2.85. The molecular formula is C16H15NO2. The Morgan fingerprint density at radius 1 is 1.11 bits per heavy atom. The summed E-state index contributed by atoms with van der Waals surface area (Å²) in [6.07, 6.45) is 0. The van der Waals surface area contributed by atoms with Gasteiger partial charge in [-0.25, -0.2) is 0 Å². The molecule has 0 aliphatic carbocycles. The molecular weight excluding hydrogens is 238 g/mol. The van der Waals surface area contributed by atoms with Crippen molar-refractivity contribution in [2.75, 3.05) is 13.9 Å². The maximum Gasteiger partial charge on any atom is 0.188 e. The summed E-state index contributed by atoms with van der Waals surface area (Å²) >= 11 is 0. The van der Waals surface area contributed by atoms with Gasteiger partial charge in [0.25, 0.3) is 0 Å². The first-order chi connectivity index (χ1) is 9.24. The van der Waals surface area contributed by atoms with E-state index in [9.17, 15) is 0 Å². The van der Waals surface area contributed by atoms with E-state index in [0.717, 1.165) is 22.4 Å². The molecule has 0 aliphatic rings. The molecule has 2 aromatic carbocycles. The highest BCUT2D eigenvalue weighted by atomic mass is 16.7. The van der Waals surface area contributed by atoms with Crippen molar-refractivity contribution in [3.05, 3.63) is 53.6 Å². The monoisotopic (exact) mass is 253 g/mol. The number of ether oxygens (including phenoxy) is 2. The molecule has 0 aliphatic heterocycles. The maximum absolute atomic E-state index is 8.93. The van der Waals surface area contributed by atoms with Crippen molar-refractivity contribution in [3.63, 3.8) is 0 Å². The summed E-state index contributed by atoms with van der Waals surface area (Å²) < 4.78 is 10.4. The van der Waals surface area contributed by atoms with Gasteiger partial charge >= 0.3 is 0 Å². The highest BCUT2D eigenvalue weighted by Gasteiger charge is 2.04. The van der Waals surface area contributed by atoms with Crippen molar-refractivity contribution >= 4 is 0 Å². The van der Waals surface area contributed by atoms with Crippen LogP contribution < -0.4 is 4.74 Å². The Balaban J connectivity index is 2.37. The fourth-order valence-electron chi connectivity index (χ4n) is 1.83. The largest absolute Gasteiger partial charge is 0.467 e. The smallest absolute Gasteiger partial charge is 0.188 e. The summed E-state index contributed by atoms with van der Waals surface area (Å²) in [5.41, 5.74) is 3.73. The van der Waals surface area contributed by atoms with Crippen LogP contribution in [-0.4, -0.2) is 13.9 Å². The van der Waals surface area contributed by atoms with E-state index in [4.69, 9.17) is 14.7 Å². The van der Waals surface area contributed by atoms with Crippen LogP contribution in [0.5, 0.6) is 5.75 Å². The molecule has 0 fully saturated rings. The number of nitriles is 1. The lowest BCUT2D eigenvalue weighted by Crippen LogP contribution is -2.00. The Bertz CT molecular complexity index is 614. The van der Waals surface area contributed by atoms with Gasteiger partial charge in [0.2, 0.25) is 0 Å². The lowest BCUT2D eigenvalue weighted by molar-refractivity contribution is 0.0507. The highest BCUT2D eigenvalue weighted by molar-refractivity contribution is 5.67. The molecule has 0 atom stereocenters. The molecule has 0 saturated heterocycles. The van der Waals surface area contributed by atoms with E-state index in [0.29, 0.717) is 5.56 Å². The Hall–Kier alpha value is -2.31. The Kier molecular flexibility index (Phi) is 4.17. The molecule has 0 saturated carbocycles. The summed E-state index contributed by atoms with van der Waals surface area (Å²) in [7, 11) is 1.59. The van der Waals surface area contributed by atoms with Crippen LogP contribution in [0, 0.1) is 18.3 Å². The molecule has 0 aromatic heterocycles. The topological polar surface area (TPSA) is 42.2 Å². The third-order valence-electron chi connectivity index (χ3n) is 2.85. The van der Waals surface area contributed by atoms with Crippen molar-refractivity contribution in [3.8, 4) is 22.9 Å². The van der Waals surface area contributed by atoms with Crippen LogP contribution in [-0.2, 0) is 4.74 Å². The molecule has 0 N–H and O–H groups in total. The predicted octanol–water partition coefficient (Wildman–Crippen LogP) is 3.52. The highest BCUT2D eigenvalue weighted by Crippen LogP contribution is 2.27. The van der Waals surface area contributed by atoms with Gasteiger partial charge in [-0.1, -0.05) is 24.3 Å². The minimum Gasteiger partial charge on any atom is -0.467 e. The Morgan fingerprint density at radius 3 is 2.63 bits per heavy atom. The molecule has 96 valence electrons. The summed E-state index contributed by atoms with van der Waals surface area (Å²) in [5.74, 6) is 0.793. The SMILES string of the molecule is COCOc1cc(-c2cccc(C#N)c2)ccc1C. The average molecular weight is 253 g/mol. The normalized spacial score (nSPS) is 9.95. The first-order valence-electron chi connectivity index (χ1n) is 5.97. The molecule has 2 aromatic rings. The summed E-state index contributed by atoms with van der Waals surface area (Å²) in [6.45, 7) is 2.21. The minimum absolute atomic E-state index is 0.225. The van der Waals surface area contributed by atoms with Crippen LogP contribution in [0.1, 0.15) is 11.1 Å². The minimum atomic E-state index is 0.225. The molecule has 3 heteroatoms. The fraction of sp³-hybridized carbons (Fsp3) is 0.188. The standard InChI is InChI=1S/C16H15NO2/c1-12-6-7-15(9-16(12)19-11-18-2)14-5-3-4-13(8-14)10-17/h3-9H,11H2,1-2H3. The van der Waals surface area contributed by atoms with Gasteiger partial charge < -0.3 is 9.47 Å². The quantitative estimate of drug-likeness (QED) is 0.783. The van der Waals surface area contributed by atoms with Crippen LogP contribution in [0.15, 0.2) is 42.5 Å².